The van der Waals surface area contributed by atoms with Crippen LogP contribution in [0.5, 0.6) is 0 Å². The first kappa shape index (κ1) is 12.0. The maximum absolute atomic E-state index is 11.0. The Hall–Kier alpha value is -2.03. The van der Waals surface area contributed by atoms with Gasteiger partial charge in [0.05, 0.1) is 13.7 Å². The van der Waals surface area contributed by atoms with Gasteiger partial charge in [-0.1, -0.05) is 0 Å². The summed E-state index contributed by atoms with van der Waals surface area (Å²) in [6.45, 7) is 1.69. The molecular formula is C8H10N2O4. The van der Waals surface area contributed by atoms with Gasteiger partial charge in [0.25, 0.3) is 0 Å². The molecular weight excluding hydrogens is 188 g/mol. The van der Waals surface area contributed by atoms with E-state index in [9.17, 15) is 9.59 Å². The summed E-state index contributed by atoms with van der Waals surface area (Å²) in [7, 11) is 1.08. The molecule has 0 atom stereocenters. The van der Waals surface area contributed by atoms with E-state index in [0.29, 0.717) is 0 Å². The number of hydrogen-bond donors (Lipinski definition) is 1. The molecule has 0 aliphatic rings. The summed E-state index contributed by atoms with van der Waals surface area (Å²) < 4.78 is 8.75. The molecule has 0 saturated carbocycles. The average Bonchev–Trinajstić information content (AvgIpc) is 2.18. The van der Waals surface area contributed by atoms with E-state index in [4.69, 9.17) is 11.0 Å². The summed E-state index contributed by atoms with van der Waals surface area (Å²) in [6.07, 6.45) is 0. The highest BCUT2D eigenvalue weighted by Gasteiger charge is 2.19. The molecule has 0 saturated heterocycles. The van der Waals surface area contributed by atoms with Crippen LogP contribution in [0.3, 0.4) is 0 Å². The van der Waals surface area contributed by atoms with Crippen molar-refractivity contribution in [3.05, 3.63) is 11.3 Å². The third kappa shape index (κ3) is 2.79. The molecule has 6 heteroatoms. The SMILES string of the molecule is CCOC(=O)C(N)=C(C#N)C(=O)OC. The van der Waals surface area contributed by atoms with E-state index >= 15 is 0 Å². The number of hydrogen-bond acceptors (Lipinski definition) is 6. The van der Waals surface area contributed by atoms with Crippen molar-refractivity contribution in [2.45, 2.75) is 6.92 Å². The lowest BCUT2D eigenvalue weighted by Crippen LogP contribution is -2.20. The summed E-state index contributed by atoms with van der Waals surface area (Å²) in [6, 6.07) is 1.47. The van der Waals surface area contributed by atoms with Gasteiger partial charge < -0.3 is 15.2 Å². The van der Waals surface area contributed by atoms with Crippen molar-refractivity contribution in [3.63, 3.8) is 0 Å². The molecule has 0 unspecified atom stereocenters. The van der Waals surface area contributed by atoms with Gasteiger partial charge in [-0.05, 0) is 6.92 Å². The molecule has 0 aliphatic carbocycles. The molecule has 6 nitrogen and oxygen atoms in total. The first-order valence-electron chi connectivity index (χ1n) is 3.73. The molecule has 76 valence electrons. The zero-order chi connectivity index (χ0) is 11.1. The van der Waals surface area contributed by atoms with E-state index in [2.05, 4.69) is 9.47 Å². The molecule has 0 fully saturated rings. The molecule has 0 spiro atoms. The second-order valence-electron chi connectivity index (χ2n) is 2.11. The Labute approximate surface area is 80.9 Å². The highest BCUT2D eigenvalue weighted by molar-refractivity contribution is 6.02. The predicted octanol–water partition coefficient (Wildman–Crippen LogP) is -0.541. The van der Waals surface area contributed by atoms with Crippen molar-refractivity contribution in [2.75, 3.05) is 13.7 Å². The minimum Gasteiger partial charge on any atom is -0.465 e. The van der Waals surface area contributed by atoms with Crippen LogP contribution in [0.2, 0.25) is 0 Å². The minimum absolute atomic E-state index is 0.111. The first-order valence-corrected chi connectivity index (χ1v) is 3.73. The summed E-state index contributed by atoms with van der Waals surface area (Å²) >= 11 is 0. The molecule has 0 aromatic carbocycles. The van der Waals surface area contributed by atoms with Crippen LogP contribution in [0.15, 0.2) is 11.3 Å². The number of carbonyl (C=O) groups is 2. The highest BCUT2D eigenvalue weighted by atomic mass is 16.5. The van der Waals surface area contributed by atoms with Crippen molar-refractivity contribution >= 4 is 11.9 Å². The fourth-order valence-corrected chi connectivity index (χ4v) is 0.629. The van der Waals surface area contributed by atoms with Gasteiger partial charge in [-0.15, -0.1) is 0 Å². The van der Waals surface area contributed by atoms with Crippen LogP contribution < -0.4 is 5.73 Å². The Morgan fingerprint density at radius 3 is 2.36 bits per heavy atom. The van der Waals surface area contributed by atoms with Gasteiger partial charge in [0, 0.05) is 0 Å². The van der Waals surface area contributed by atoms with Crippen LogP contribution in [0, 0.1) is 11.3 Å². The van der Waals surface area contributed by atoms with E-state index in [-0.39, 0.29) is 6.61 Å². The van der Waals surface area contributed by atoms with E-state index in [1.54, 1.807) is 6.92 Å². The fraction of sp³-hybridized carbons (Fsp3) is 0.375. The van der Waals surface area contributed by atoms with E-state index in [0.717, 1.165) is 7.11 Å². The normalized spacial score (nSPS) is 10.9. The van der Waals surface area contributed by atoms with Crippen molar-refractivity contribution in [1.82, 2.24) is 0 Å². The molecule has 0 rings (SSSR count). The van der Waals surface area contributed by atoms with Crippen molar-refractivity contribution in [1.29, 1.82) is 5.26 Å². The van der Waals surface area contributed by atoms with Crippen LogP contribution in [-0.2, 0) is 19.1 Å². The van der Waals surface area contributed by atoms with Crippen molar-refractivity contribution in [2.24, 2.45) is 5.73 Å². The van der Waals surface area contributed by atoms with Crippen LogP contribution in [0.25, 0.3) is 0 Å². The van der Waals surface area contributed by atoms with E-state index in [1.165, 1.54) is 6.07 Å². The summed E-state index contributed by atoms with van der Waals surface area (Å²) in [5, 5.41) is 8.52. The van der Waals surface area contributed by atoms with Gasteiger partial charge >= 0.3 is 11.9 Å². The molecule has 0 aromatic heterocycles. The van der Waals surface area contributed by atoms with Gasteiger partial charge in [0.15, 0.2) is 5.57 Å². The minimum atomic E-state index is -0.960. The Morgan fingerprint density at radius 1 is 1.43 bits per heavy atom. The van der Waals surface area contributed by atoms with Crippen LogP contribution >= 0.6 is 0 Å². The summed E-state index contributed by atoms with van der Waals surface area (Å²) in [5.74, 6) is -1.87. The van der Waals surface area contributed by atoms with Crippen LogP contribution in [-0.4, -0.2) is 25.7 Å². The van der Waals surface area contributed by atoms with E-state index in [1.807, 2.05) is 0 Å². The third-order valence-electron chi connectivity index (χ3n) is 1.27. The molecule has 0 bridgehead atoms. The van der Waals surface area contributed by atoms with Crippen LogP contribution in [0.4, 0.5) is 0 Å². The molecule has 0 aromatic rings. The number of nitriles is 1. The largest absolute Gasteiger partial charge is 0.465 e. The van der Waals surface area contributed by atoms with Crippen molar-refractivity contribution in [3.8, 4) is 6.07 Å². The number of carbonyl (C=O) groups excluding carboxylic acids is 2. The number of nitrogens with two attached hydrogens (primary N) is 1. The Bertz CT molecular complexity index is 314. The summed E-state index contributed by atoms with van der Waals surface area (Å²) in [4.78, 5) is 21.9. The van der Waals surface area contributed by atoms with Crippen LogP contribution in [0.1, 0.15) is 6.92 Å². The zero-order valence-corrected chi connectivity index (χ0v) is 7.86. The summed E-state index contributed by atoms with van der Waals surface area (Å²) in [5.41, 5.74) is 4.13. The number of methoxy groups -OCH3 is 1. The Morgan fingerprint density at radius 2 is 2.00 bits per heavy atom. The number of esters is 2. The number of ether oxygens (including phenoxy) is 2. The maximum Gasteiger partial charge on any atom is 0.355 e. The van der Waals surface area contributed by atoms with Gasteiger partial charge in [0.2, 0.25) is 0 Å². The van der Waals surface area contributed by atoms with E-state index < -0.39 is 23.2 Å². The lowest BCUT2D eigenvalue weighted by molar-refractivity contribution is -0.140. The number of nitrogens with zero attached hydrogens (tertiary/aromatic N) is 1. The number of rotatable bonds is 3. The zero-order valence-electron chi connectivity index (χ0n) is 7.86. The third-order valence-corrected chi connectivity index (χ3v) is 1.27. The molecule has 0 heterocycles. The molecule has 0 aliphatic heterocycles. The monoisotopic (exact) mass is 198 g/mol. The van der Waals surface area contributed by atoms with Gasteiger partial charge in [0.1, 0.15) is 11.8 Å². The topological polar surface area (TPSA) is 102 Å². The molecule has 0 radical (unpaired) electrons. The lowest BCUT2D eigenvalue weighted by Gasteiger charge is -2.03. The fourth-order valence-electron chi connectivity index (χ4n) is 0.629. The lowest BCUT2D eigenvalue weighted by atomic mass is 10.2. The van der Waals surface area contributed by atoms with Crippen molar-refractivity contribution < 1.29 is 19.1 Å². The first-order chi connectivity index (χ1) is 6.58. The standard InChI is InChI=1S/C8H10N2O4/c1-3-14-8(12)6(10)5(4-9)7(11)13-2/h3,10H2,1-2H3. The van der Waals surface area contributed by atoms with Gasteiger partial charge in [-0.3, -0.25) is 0 Å². The predicted molar refractivity (Wildman–Crippen MR) is 45.5 cm³/mol. The van der Waals surface area contributed by atoms with Gasteiger partial charge in [-0.2, -0.15) is 5.26 Å². The molecule has 14 heavy (non-hydrogen) atoms. The maximum atomic E-state index is 11.0. The second kappa shape index (κ2) is 5.59. The quantitative estimate of drug-likeness (QED) is 0.371. The Kier molecular flexibility index (Phi) is 4.78. The molecule has 0 amide bonds. The second-order valence-corrected chi connectivity index (χ2v) is 2.11. The highest BCUT2D eigenvalue weighted by Crippen LogP contribution is 2.02. The molecule has 2 N–H and O–H groups in total. The smallest absolute Gasteiger partial charge is 0.355 e. The average molecular weight is 198 g/mol. The Balaban J connectivity index is 4.95. The van der Waals surface area contributed by atoms with Gasteiger partial charge in [-0.25, -0.2) is 9.59 Å².